The molecular formula is C18H19F3N2O3S. The average Bonchev–Trinajstić information content (AvgIpc) is 3.20. The van der Waals surface area contributed by atoms with Crippen molar-refractivity contribution in [3.8, 4) is 11.8 Å². The molecular weight excluding hydrogens is 381 g/mol. The van der Waals surface area contributed by atoms with Crippen LogP contribution in [-0.4, -0.2) is 36.4 Å². The van der Waals surface area contributed by atoms with Crippen molar-refractivity contribution in [2.75, 3.05) is 6.61 Å². The van der Waals surface area contributed by atoms with E-state index < -0.39 is 27.1 Å². The number of halogens is 3. The number of ether oxygens (including phenoxy) is 1. The molecule has 1 fully saturated rings. The minimum atomic E-state index is -5.65. The second-order valence-electron chi connectivity index (χ2n) is 6.91. The number of hydrogen-bond donors (Lipinski definition) is 0. The fraction of sp³-hybridized carbons (Fsp3) is 0.500. The van der Waals surface area contributed by atoms with Gasteiger partial charge in [-0.15, -0.1) is 0 Å². The number of nitriles is 1. The second-order valence-corrected chi connectivity index (χ2v) is 8.72. The molecule has 0 radical (unpaired) electrons. The summed E-state index contributed by atoms with van der Waals surface area (Å²) in [5, 5.41) is 9.27. The van der Waals surface area contributed by atoms with E-state index in [4.69, 9.17) is 4.74 Å². The number of allylic oxidation sites excluding steroid dienone is 1. The first-order valence-corrected chi connectivity index (χ1v) is 9.91. The smallest absolute Gasteiger partial charge is 0.492 e. The highest BCUT2D eigenvalue weighted by Crippen LogP contribution is 2.47. The molecule has 0 N–H and O–H groups in total. The van der Waals surface area contributed by atoms with E-state index in [0.29, 0.717) is 5.75 Å². The topological polar surface area (TPSA) is 70.4 Å². The molecule has 9 heteroatoms. The summed E-state index contributed by atoms with van der Waals surface area (Å²) in [5.41, 5.74) is -4.10. The van der Waals surface area contributed by atoms with Crippen LogP contribution in [0.3, 0.4) is 0 Å². The summed E-state index contributed by atoms with van der Waals surface area (Å²) in [5.74, 6) is 0.496. The molecule has 0 saturated heterocycles. The Balaban J connectivity index is 1.83. The van der Waals surface area contributed by atoms with E-state index >= 15 is 0 Å². The zero-order chi connectivity index (χ0) is 20.0. The lowest BCUT2D eigenvalue weighted by Gasteiger charge is -2.32. The van der Waals surface area contributed by atoms with Gasteiger partial charge in [0, 0.05) is 0 Å². The summed E-state index contributed by atoms with van der Waals surface area (Å²) in [7, 11) is -5.65. The monoisotopic (exact) mass is 400 g/mol. The molecule has 0 unspecified atom stereocenters. The van der Waals surface area contributed by atoms with Gasteiger partial charge in [0.1, 0.15) is 17.9 Å². The molecule has 1 aromatic carbocycles. The van der Waals surface area contributed by atoms with E-state index in [0.717, 1.165) is 23.1 Å². The molecule has 0 aromatic heterocycles. The van der Waals surface area contributed by atoms with Gasteiger partial charge in [0.2, 0.25) is 0 Å². The maximum atomic E-state index is 13.1. The number of hydrogen-bond acceptors (Lipinski definition) is 4. The van der Waals surface area contributed by atoms with Crippen LogP contribution in [0, 0.1) is 18.3 Å². The molecule has 2 aliphatic carbocycles. The van der Waals surface area contributed by atoms with Crippen LogP contribution in [-0.2, 0) is 16.4 Å². The lowest BCUT2D eigenvalue weighted by atomic mass is 10.0. The Morgan fingerprint density at radius 1 is 1.37 bits per heavy atom. The van der Waals surface area contributed by atoms with Crippen LogP contribution >= 0.6 is 0 Å². The van der Waals surface area contributed by atoms with E-state index in [2.05, 4.69) is 0 Å². The Morgan fingerprint density at radius 2 is 2.04 bits per heavy atom. The Bertz CT molecular complexity index is 928. The van der Waals surface area contributed by atoms with Crippen molar-refractivity contribution in [2.45, 2.75) is 50.2 Å². The van der Waals surface area contributed by atoms with Gasteiger partial charge in [-0.3, -0.25) is 0 Å². The van der Waals surface area contributed by atoms with E-state index in [1.165, 1.54) is 6.92 Å². The van der Waals surface area contributed by atoms with Gasteiger partial charge in [-0.25, -0.2) is 8.42 Å². The standard InChI is InChI=1S/C18H19F3N2O3S/c1-12(10-26-16-7-6-14-4-3-5-15(14)13(16)2)23(17(11-22)8-9-17)27(24,25)18(19,20)21/h3-4,6-7,12H,5,8-10H2,1-2H3/t12-/m0/s1. The quantitative estimate of drug-likeness (QED) is 0.732. The number of nitrogens with zero attached hydrogens (tertiary/aromatic N) is 2. The molecule has 27 heavy (non-hydrogen) atoms. The molecule has 146 valence electrons. The van der Waals surface area contributed by atoms with Crippen molar-refractivity contribution in [3.05, 3.63) is 34.9 Å². The minimum Gasteiger partial charge on any atom is -0.492 e. The highest BCUT2D eigenvalue weighted by molar-refractivity contribution is 7.90. The normalized spacial score (nSPS) is 18.9. The third-order valence-electron chi connectivity index (χ3n) is 4.99. The molecule has 0 heterocycles. The molecule has 0 amide bonds. The predicted octanol–water partition coefficient (Wildman–Crippen LogP) is 3.54. The summed E-state index contributed by atoms with van der Waals surface area (Å²) < 4.78 is 69.5. The van der Waals surface area contributed by atoms with Crippen molar-refractivity contribution in [3.63, 3.8) is 0 Å². The maximum absolute atomic E-state index is 13.1. The Labute approximate surface area is 156 Å². The fourth-order valence-electron chi connectivity index (χ4n) is 3.42. The number of benzene rings is 1. The number of sulfonamides is 1. The highest BCUT2D eigenvalue weighted by Gasteiger charge is 2.63. The SMILES string of the molecule is Cc1c(OC[C@H](C)N(C2(C#N)CC2)S(=O)(=O)C(F)(F)F)ccc2c1CC=C2. The molecule has 2 aliphatic rings. The van der Waals surface area contributed by atoms with Crippen molar-refractivity contribution >= 4 is 16.1 Å². The van der Waals surface area contributed by atoms with Gasteiger partial charge < -0.3 is 4.74 Å². The van der Waals surface area contributed by atoms with Crippen LogP contribution in [0.25, 0.3) is 6.08 Å². The van der Waals surface area contributed by atoms with Crippen molar-refractivity contribution in [1.29, 1.82) is 5.26 Å². The van der Waals surface area contributed by atoms with Gasteiger partial charge in [0.25, 0.3) is 0 Å². The van der Waals surface area contributed by atoms with Gasteiger partial charge in [-0.1, -0.05) is 18.2 Å². The van der Waals surface area contributed by atoms with Crippen LogP contribution < -0.4 is 4.74 Å². The molecule has 0 spiro atoms. The minimum absolute atomic E-state index is 0.0761. The van der Waals surface area contributed by atoms with Crippen LogP contribution in [0.15, 0.2) is 18.2 Å². The van der Waals surface area contributed by atoms with Crippen molar-refractivity contribution in [1.82, 2.24) is 4.31 Å². The van der Waals surface area contributed by atoms with E-state index in [-0.39, 0.29) is 23.8 Å². The van der Waals surface area contributed by atoms with Gasteiger partial charge in [-0.05, 0) is 55.9 Å². The average molecular weight is 400 g/mol. The van der Waals surface area contributed by atoms with Crippen molar-refractivity contribution in [2.24, 2.45) is 0 Å². The number of alkyl halides is 3. The number of rotatable bonds is 6. The fourth-order valence-corrected chi connectivity index (χ4v) is 4.86. The number of fused-ring (bicyclic) bond motifs is 1. The second kappa shape index (κ2) is 6.53. The predicted molar refractivity (Wildman–Crippen MR) is 93.3 cm³/mol. The van der Waals surface area contributed by atoms with Crippen LogP contribution in [0.4, 0.5) is 13.2 Å². The van der Waals surface area contributed by atoms with Gasteiger partial charge in [-0.2, -0.15) is 22.7 Å². The van der Waals surface area contributed by atoms with Crippen LogP contribution in [0.5, 0.6) is 5.75 Å². The maximum Gasteiger partial charge on any atom is 0.511 e. The molecule has 1 aromatic rings. The summed E-state index contributed by atoms with van der Waals surface area (Å²) in [6.45, 7) is 2.89. The summed E-state index contributed by atoms with van der Waals surface area (Å²) in [6, 6.07) is 4.16. The molecule has 1 saturated carbocycles. The first-order chi connectivity index (χ1) is 12.5. The molecule has 0 aliphatic heterocycles. The molecule has 3 rings (SSSR count). The lowest BCUT2D eigenvalue weighted by Crippen LogP contribution is -2.53. The van der Waals surface area contributed by atoms with Crippen molar-refractivity contribution < 1.29 is 26.3 Å². The first kappa shape index (κ1) is 19.7. The zero-order valence-corrected chi connectivity index (χ0v) is 15.7. The van der Waals surface area contributed by atoms with E-state index in [1.807, 2.05) is 25.1 Å². The van der Waals surface area contributed by atoms with E-state index in [1.54, 1.807) is 12.1 Å². The largest absolute Gasteiger partial charge is 0.511 e. The van der Waals surface area contributed by atoms with Crippen LogP contribution in [0.2, 0.25) is 0 Å². The first-order valence-electron chi connectivity index (χ1n) is 8.47. The van der Waals surface area contributed by atoms with Crippen LogP contribution in [0.1, 0.15) is 36.5 Å². The third kappa shape index (κ3) is 3.32. The lowest BCUT2D eigenvalue weighted by molar-refractivity contribution is -0.0516. The van der Waals surface area contributed by atoms with Gasteiger partial charge >= 0.3 is 15.5 Å². The highest BCUT2D eigenvalue weighted by atomic mass is 32.2. The van der Waals surface area contributed by atoms with Gasteiger partial charge in [0.15, 0.2) is 0 Å². The third-order valence-corrected chi connectivity index (χ3v) is 6.80. The van der Waals surface area contributed by atoms with Gasteiger partial charge in [0.05, 0.1) is 12.1 Å². The Hall–Kier alpha value is -2.05. The van der Waals surface area contributed by atoms with E-state index in [9.17, 15) is 26.9 Å². The zero-order valence-electron chi connectivity index (χ0n) is 14.9. The Kier molecular flexibility index (Phi) is 4.77. The summed E-state index contributed by atoms with van der Waals surface area (Å²) in [6.07, 6.45) is 4.89. The molecule has 5 nitrogen and oxygen atoms in total. The summed E-state index contributed by atoms with van der Waals surface area (Å²) >= 11 is 0. The molecule has 0 bridgehead atoms. The molecule has 1 atom stereocenters. The Morgan fingerprint density at radius 3 is 2.59 bits per heavy atom. The summed E-state index contributed by atoms with van der Waals surface area (Å²) in [4.78, 5) is 0.